The summed E-state index contributed by atoms with van der Waals surface area (Å²) in [7, 11) is 1.24. The number of aryl methyl sites for hydroxylation is 1. The smallest absolute Gasteiger partial charge is 0.326 e. The minimum atomic E-state index is -1.41. The Morgan fingerprint density at radius 1 is 1.10 bits per heavy atom. The van der Waals surface area contributed by atoms with E-state index in [0.717, 1.165) is 16.0 Å². The Morgan fingerprint density at radius 2 is 1.76 bits per heavy atom. The van der Waals surface area contributed by atoms with Crippen molar-refractivity contribution in [2.24, 2.45) is 11.8 Å². The summed E-state index contributed by atoms with van der Waals surface area (Å²) in [5.41, 5.74) is 0.296. The van der Waals surface area contributed by atoms with Gasteiger partial charge in [-0.1, -0.05) is 42.0 Å². The second-order valence-corrected chi connectivity index (χ2v) is 7.69. The summed E-state index contributed by atoms with van der Waals surface area (Å²) in [5.74, 6) is -4.31. The number of imide groups is 1. The summed E-state index contributed by atoms with van der Waals surface area (Å²) >= 11 is 0. The molecular formula is C22H21FN2O4. The molecule has 2 fully saturated rings. The lowest BCUT2D eigenvalue weighted by molar-refractivity contribution is -0.151. The first-order chi connectivity index (χ1) is 13.8. The number of nitrogens with zero attached hydrogens (tertiary/aromatic N) is 1. The maximum atomic E-state index is 14.4. The Kier molecular flexibility index (Phi) is 4.50. The van der Waals surface area contributed by atoms with E-state index in [4.69, 9.17) is 4.74 Å². The zero-order valence-electron chi connectivity index (χ0n) is 16.3. The number of hydrogen-bond acceptors (Lipinski definition) is 5. The van der Waals surface area contributed by atoms with Crippen LogP contribution < -0.4 is 10.2 Å². The van der Waals surface area contributed by atoms with Crippen LogP contribution in [-0.2, 0) is 19.1 Å². The summed E-state index contributed by atoms with van der Waals surface area (Å²) in [6.45, 7) is 3.50. The highest BCUT2D eigenvalue weighted by Gasteiger charge is 2.67. The molecule has 0 spiro atoms. The molecule has 0 unspecified atom stereocenters. The largest absolute Gasteiger partial charge is 0.468 e. The van der Waals surface area contributed by atoms with Crippen LogP contribution in [0, 0.1) is 24.6 Å². The molecule has 2 amide bonds. The lowest BCUT2D eigenvalue weighted by Crippen LogP contribution is -2.54. The summed E-state index contributed by atoms with van der Waals surface area (Å²) in [6.07, 6.45) is 0. The van der Waals surface area contributed by atoms with Crippen molar-refractivity contribution in [3.63, 3.8) is 0 Å². The van der Waals surface area contributed by atoms with Crippen LogP contribution in [0.5, 0.6) is 0 Å². The molecule has 6 nitrogen and oxygen atoms in total. The van der Waals surface area contributed by atoms with E-state index in [2.05, 4.69) is 5.32 Å². The number of anilines is 1. The molecule has 4 rings (SSSR count). The Morgan fingerprint density at radius 3 is 2.38 bits per heavy atom. The predicted molar refractivity (Wildman–Crippen MR) is 103 cm³/mol. The number of carbonyl (C=O) groups excluding carboxylic acids is 3. The molecule has 7 heteroatoms. The molecule has 2 aliphatic rings. The van der Waals surface area contributed by atoms with Gasteiger partial charge in [0, 0.05) is 6.04 Å². The van der Waals surface area contributed by atoms with Crippen molar-refractivity contribution in [1.82, 2.24) is 5.32 Å². The highest BCUT2D eigenvalue weighted by molar-refractivity contribution is 6.24. The molecule has 2 aromatic carbocycles. The second-order valence-electron chi connectivity index (χ2n) is 7.69. The Bertz CT molecular complexity index is 1010. The number of amides is 2. The quantitative estimate of drug-likeness (QED) is 0.637. The normalized spacial score (nSPS) is 28.6. The third-order valence-corrected chi connectivity index (χ3v) is 5.93. The molecule has 2 aliphatic heterocycles. The van der Waals surface area contributed by atoms with Crippen molar-refractivity contribution >= 4 is 23.5 Å². The fraction of sp³-hybridized carbons (Fsp3) is 0.318. The maximum Gasteiger partial charge on any atom is 0.326 e. The number of fused-ring (bicyclic) bond motifs is 1. The van der Waals surface area contributed by atoms with Gasteiger partial charge in [-0.2, -0.15) is 0 Å². The summed E-state index contributed by atoms with van der Waals surface area (Å²) in [5, 5.41) is 3.17. The first-order valence-electron chi connectivity index (χ1n) is 9.34. The van der Waals surface area contributed by atoms with Crippen molar-refractivity contribution < 1.29 is 23.5 Å². The molecular weight excluding hydrogens is 375 g/mol. The molecule has 29 heavy (non-hydrogen) atoms. The van der Waals surface area contributed by atoms with Crippen molar-refractivity contribution in [2.45, 2.75) is 25.4 Å². The number of esters is 1. The van der Waals surface area contributed by atoms with Gasteiger partial charge < -0.3 is 4.74 Å². The van der Waals surface area contributed by atoms with Crippen molar-refractivity contribution in [3.8, 4) is 0 Å². The Labute approximate surface area is 167 Å². The zero-order chi connectivity index (χ0) is 20.9. The molecule has 0 aromatic heterocycles. The van der Waals surface area contributed by atoms with Crippen LogP contribution in [0.25, 0.3) is 0 Å². The van der Waals surface area contributed by atoms with Gasteiger partial charge in [-0.3, -0.25) is 19.7 Å². The van der Waals surface area contributed by atoms with Crippen molar-refractivity contribution in [3.05, 3.63) is 65.5 Å². The van der Waals surface area contributed by atoms with Gasteiger partial charge in [0.05, 0.1) is 24.6 Å². The van der Waals surface area contributed by atoms with E-state index in [1.807, 2.05) is 31.2 Å². The number of hydrogen-bond donors (Lipinski definition) is 1. The molecule has 2 aromatic rings. The lowest BCUT2D eigenvalue weighted by Gasteiger charge is -2.28. The summed E-state index contributed by atoms with van der Waals surface area (Å²) in [4.78, 5) is 40.2. The van der Waals surface area contributed by atoms with Gasteiger partial charge in [0.2, 0.25) is 11.8 Å². The Balaban J connectivity index is 1.84. The summed E-state index contributed by atoms with van der Waals surface area (Å²) in [6, 6.07) is 12.5. The molecule has 4 atom stereocenters. The Hall–Kier alpha value is -3.06. The average Bonchev–Trinajstić information content (AvgIpc) is 3.17. The number of para-hydroxylation sites is 1. The highest BCUT2D eigenvalue weighted by atomic mass is 19.1. The van der Waals surface area contributed by atoms with Crippen LogP contribution >= 0.6 is 0 Å². The van der Waals surface area contributed by atoms with Crippen molar-refractivity contribution in [2.75, 3.05) is 12.0 Å². The van der Waals surface area contributed by atoms with E-state index in [1.165, 1.54) is 25.3 Å². The minimum absolute atomic E-state index is 0.105. The number of benzene rings is 2. The molecule has 1 N–H and O–H groups in total. The van der Waals surface area contributed by atoms with Gasteiger partial charge in [0.1, 0.15) is 11.4 Å². The minimum Gasteiger partial charge on any atom is -0.468 e. The third kappa shape index (κ3) is 2.76. The topological polar surface area (TPSA) is 75.7 Å². The molecule has 2 heterocycles. The first kappa shape index (κ1) is 19.3. The van der Waals surface area contributed by atoms with Crippen molar-refractivity contribution in [1.29, 1.82) is 0 Å². The SMILES string of the molecule is COC(=O)[C@]1(C)N[C@H](c2ccc(C)cc2)[C@@H]2C(=O)N(c3ccccc3F)C(=O)[C@@H]21. The first-order valence-corrected chi connectivity index (χ1v) is 9.34. The van der Waals surface area contributed by atoms with E-state index >= 15 is 0 Å². The van der Waals surface area contributed by atoms with Crippen LogP contribution in [0.2, 0.25) is 0 Å². The zero-order valence-corrected chi connectivity index (χ0v) is 16.3. The molecule has 2 saturated heterocycles. The lowest BCUT2D eigenvalue weighted by atomic mass is 9.80. The summed E-state index contributed by atoms with van der Waals surface area (Å²) < 4.78 is 19.3. The van der Waals surface area contributed by atoms with Gasteiger partial charge >= 0.3 is 5.97 Å². The van der Waals surface area contributed by atoms with Gasteiger partial charge in [0.15, 0.2) is 0 Å². The molecule has 0 bridgehead atoms. The molecule has 0 radical (unpaired) electrons. The number of halogens is 1. The van der Waals surface area contributed by atoms with Crippen LogP contribution in [0.15, 0.2) is 48.5 Å². The van der Waals surface area contributed by atoms with E-state index in [9.17, 15) is 18.8 Å². The van der Waals surface area contributed by atoms with E-state index in [-0.39, 0.29) is 5.69 Å². The maximum absolute atomic E-state index is 14.4. The van der Waals surface area contributed by atoms with E-state index in [0.29, 0.717) is 0 Å². The molecule has 0 aliphatic carbocycles. The van der Waals surface area contributed by atoms with Gasteiger partial charge in [0.25, 0.3) is 0 Å². The van der Waals surface area contributed by atoms with E-state index < -0.39 is 47.0 Å². The number of rotatable bonds is 3. The predicted octanol–water partition coefficient (Wildman–Crippen LogP) is 2.52. The fourth-order valence-electron chi connectivity index (χ4n) is 4.47. The van der Waals surface area contributed by atoms with E-state index in [1.54, 1.807) is 13.0 Å². The van der Waals surface area contributed by atoms with Crippen LogP contribution in [0.1, 0.15) is 24.1 Å². The monoisotopic (exact) mass is 396 g/mol. The van der Waals surface area contributed by atoms with Gasteiger partial charge in [-0.15, -0.1) is 0 Å². The van der Waals surface area contributed by atoms with Crippen LogP contribution in [0.3, 0.4) is 0 Å². The number of ether oxygens (including phenoxy) is 1. The van der Waals surface area contributed by atoms with Crippen LogP contribution in [0.4, 0.5) is 10.1 Å². The number of carbonyl (C=O) groups is 3. The third-order valence-electron chi connectivity index (χ3n) is 5.93. The number of nitrogens with one attached hydrogen (secondary N) is 1. The standard InChI is InChI=1S/C22H21FN2O4/c1-12-8-10-13(11-9-12)18-16-17(22(2,24-18)21(28)29-3)20(27)25(19(16)26)15-7-5-4-6-14(15)23/h4-11,16-18,24H,1-3H3/t16-,17-,18-,22-/m1/s1. The fourth-order valence-corrected chi connectivity index (χ4v) is 4.47. The highest BCUT2D eigenvalue weighted by Crippen LogP contribution is 2.50. The number of methoxy groups -OCH3 is 1. The van der Waals surface area contributed by atoms with Gasteiger partial charge in [-0.05, 0) is 31.5 Å². The van der Waals surface area contributed by atoms with Crippen LogP contribution in [-0.4, -0.2) is 30.4 Å². The second kappa shape index (κ2) is 6.77. The molecule has 0 saturated carbocycles. The average molecular weight is 396 g/mol. The molecule has 150 valence electrons. The van der Waals surface area contributed by atoms with Gasteiger partial charge in [-0.25, -0.2) is 9.29 Å².